The van der Waals surface area contributed by atoms with E-state index >= 15 is 0 Å². The molecule has 0 bridgehead atoms. The van der Waals surface area contributed by atoms with E-state index in [0.29, 0.717) is 24.2 Å². The average molecular weight is 349 g/mol. The number of para-hydroxylation sites is 3. The lowest BCUT2D eigenvalue weighted by Gasteiger charge is -2.30. The normalized spacial score (nSPS) is 18.5. The molecule has 2 aliphatic rings. The van der Waals surface area contributed by atoms with Gasteiger partial charge >= 0.3 is 0 Å². The highest BCUT2D eigenvalue weighted by atomic mass is 16.2. The molecule has 0 saturated heterocycles. The van der Waals surface area contributed by atoms with Gasteiger partial charge in [-0.3, -0.25) is 14.4 Å². The Kier molecular flexibility index (Phi) is 4.16. The molecule has 0 spiro atoms. The van der Waals surface area contributed by atoms with Crippen LogP contribution < -0.4 is 15.5 Å². The molecule has 132 valence electrons. The molecule has 6 nitrogen and oxygen atoms in total. The zero-order valence-electron chi connectivity index (χ0n) is 14.2. The number of hydrogen-bond donors (Lipinski definition) is 2. The molecule has 2 aromatic rings. The molecule has 2 heterocycles. The van der Waals surface area contributed by atoms with Gasteiger partial charge in [0, 0.05) is 18.0 Å². The van der Waals surface area contributed by atoms with Crippen LogP contribution in [-0.2, 0) is 20.8 Å². The fourth-order valence-electron chi connectivity index (χ4n) is 3.53. The maximum Gasteiger partial charge on any atom is 0.244 e. The number of hydrogen-bond acceptors (Lipinski definition) is 3. The second-order valence-corrected chi connectivity index (χ2v) is 6.63. The minimum Gasteiger partial charge on any atom is -0.326 e. The van der Waals surface area contributed by atoms with Crippen LogP contribution in [-0.4, -0.2) is 24.3 Å². The topological polar surface area (TPSA) is 78.5 Å². The monoisotopic (exact) mass is 349 g/mol. The van der Waals surface area contributed by atoms with Gasteiger partial charge in [-0.15, -0.1) is 0 Å². The van der Waals surface area contributed by atoms with E-state index in [2.05, 4.69) is 10.6 Å². The number of nitrogens with one attached hydrogen (secondary N) is 2. The van der Waals surface area contributed by atoms with Crippen molar-refractivity contribution in [2.24, 2.45) is 5.92 Å². The van der Waals surface area contributed by atoms with Gasteiger partial charge in [-0.05, 0) is 36.6 Å². The summed E-state index contributed by atoms with van der Waals surface area (Å²) in [6.45, 7) is 0.00947. The number of fused-ring (bicyclic) bond motifs is 2. The molecule has 6 heteroatoms. The zero-order valence-corrected chi connectivity index (χ0v) is 14.2. The smallest absolute Gasteiger partial charge is 0.244 e. The molecule has 0 fully saturated rings. The number of carbonyl (C=O) groups is 3. The molecule has 3 amide bonds. The average Bonchev–Trinajstić information content (AvgIpc) is 2.65. The summed E-state index contributed by atoms with van der Waals surface area (Å²) in [6, 6.07) is 15.0. The highest BCUT2D eigenvalue weighted by Crippen LogP contribution is 2.31. The van der Waals surface area contributed by atoms with Gasteiger partial charge in [0.2, 0.25) is 17.7 Å². The Balaban J connectivity index is 1.45. The first kappa shape index (κ1) is 16.3. The van der Waals surface area contributed by atoms with Crippen molar-refractivity contribution in [3.63, 3.8) is 0 Å². The summed E-state index contributed by atoms with van der Waals surface area (Å²) in [5, 5.41) is 5.68. The van der Waals surface area contributed by atoms with E-state index in [0.717, 1.165) is 11.3 Å². The largest absolute Gasteiger partial charge is 0.326 e. The van der Waals surface area contributed by atoms with E-state index in [1.807, 2.05) is 42.5 Å². The minimum absolute atomic E-state index is 0.00947. The van der Waals surface area contributed by atoms with Crippen LogP contribution in [0.5, 0.6) is 0 Å². The van der Waals surface area contributed by atoms with E-state index in [9.17, 15) is 14.4 Å². The number of anilines is 3. The molecule has 2 N–H and O–H groups in total. The van der Waals surface area contributed by atoms with Crippen molar-refractivity contribution in [2.45, 2.75) is 19.3 Å². The van der Waals surface area contributed by atoms with E-state index < -0.39 is 0 Å². The Bertz CT molecular complexity index is 893. The number of rotatable bonds is 3. The molecule has 0 aromatic heterocycles. The highest BCUT2D eigenvalue weighted by molar-refractivity contribution is 6.10. The summed E-state index contributed by atoms with van der Waals surface area (Å²) in [6.07, 6.45) is 1.31. The summed E-state index contributed by atoms with van der Waals surface area (Å²) in [5.74, 6) is -0.628. The van der Waals surface area contributed by atoms with Crippen LogP contribution in [0.15, 0.2) is 48.5 Å². The molecule has 26 heavy (non-hydrogen) atoms. The van der Waals surface area contributed by atoms with Gasteiger partial charge in [0.25, 0.3) is 0 Å². The summed E-state index contributed by atoms with van der Waals surface area (Å²) in [7, 11) is 0. The van der Waals surface area contributed by atoms with Gasteiger partial charge in [0.15, 0.2) is 0 Å². The van der Waals surface area contributed by atoms with Crippen LogP contribution in [0, 0.1) is 5.92 Å². The van der Waals surface area contributed by atoms with Gasteiger partial charge in [-0.1, -0.05) is 30.3 Å². The molecule has 2 aliphatic heterocycles. The summed E-state index contributed by atoms with van der Waals surface area (Å²) in [5.41, 5.74) is 3.28. The van der Waals surface area contributed by atoms with Crippen molar-refractivity contribution in [1.29, 1.82) is 0 Å². The van der Waals surface area contributed by atoms with Crippen molar-refractivity contribution in [1.82, 2.24) is 0 Å². The summed E-state index contributed by atoms with van der Waals surface area (Å²) < 4.78 is 0. The number of carbonyl (C=O) groups excluding carboxylic acids is 3. The minimum atomic E-state index is -0.234. The lowest BCUT2D eigenvalue weighted by molar-refractivity contribution is -0.123. The molecule has 0 aliphatic carbocycles. The van der Waals surface area contributed by atoms with Gasteiger partial charge in [-0.2, -0.15) is 0 Å². The Hall–Kier alpha value is -3.15. The Morgan fingerprint density at radius 2 is 1.73 bits per heavy atom. The van der Waals surface area contributed by atoms with Crippen molar-refractivity contribution < 1.29 is 14.4 Å². The van der Waals surface area contributed by atoms with E-state index in [4.69, 9.17) is 0 Å². The first-order chi connectivity index (χ1) is 12.6. The molecule has 0 unspecified atom stereocenters. The standard InChI is InChI=1S/C20H19N3O3/c24-18-12-23(17-8-4-3-7-16(17)21-18)19(25)10-9-14-11-13-5-1-2-6-15(13)22-20(14)26/h1-8,14H,9-12H2,(H,21,24)(H,22,26)/t14-/m1/s1. The molecule has 0 saturated carbocycles. The molecule has 0 radical (unpaired) electrons. The van der Waals surface area contributed by atoms with Crippen LogP contribution in [0.1, 0.15) is 18.4 Å². The van der Waals surface area contributed by atoms with E-state index in [1.165, 1.54) is 4.90 Å². The Labute approximate surface area is 151 Å². The number of nitrogens with zero attached hydrogens (tertiary/aromatic N) is 1. The van der Waals surface area contributed by atoms with E-state index in [-0.39, 0.29) is 36.6 Å². The van der Waals surface area contributed by atoms with Crippen molar-refractivity contribution in [2.75, 3.05) is 22.1 Å². The predicted molar refractivity (Wildman–Crippen MR) is 98.9 cm³/mol. The third kappa shape index (κ3) is 3.06. The van der Waals surface area contributed by atoms with E-state index in [1.54, 1.807) is 6.07 Å². The predicted octanol–water partition coefficient (Wildman–Crippen LogP) is 2.56. The van der Waals surface area contributed by atoms with Crippen LogP contribution in [0.3, 0.4) is 0 Å². The third-order valence-corrected chi connectivity index (χ3v) is 4.89. The summed E-state index contributed by atoms with van der Waals surface area (Å²) in [4.78, 5) is 38.4. The van der Waals surface area contributed by atoms with Crippen LogP contribution in [0.2, 0.25) is 0 Å². The lowest BCUT2D eigenvalue weighted by atomic mass is 9.89. The van der Waals surface area contributed by atoms with Crippen molar-refractivity contribution >= 4 is 34.8 Å². The fraction of sp³-hybridized carbons (Fsp3) is 0.250. The summed E-state index contributed by atoms with van der Waals surface area (Å²) >= 11 is 0. The fourth-order valence-corrected chi connectivity index (χ4v) is 3.53. The van der Waals surface area contributed by atoms with Gasteiger partial charge in [0.05, 0.1) is 11.4 Å². The van der Waals surface area contributed by atoms with Crippen molar-refractivity contribution in [3.8, 4) is 0 Å². The molecular formula is C20H19N3O3. The SMILES string of the molecule is O=C1CN(C(=O)CC[C@@H]2Cc3ccccc3NC2=O)c2ccccc2N1. The Morgan fingerprint density at radius 3 is 2.58 bits per heavy atom. The molecular weight excluding hydrogens is 330 g/mol. The lowest BCUT2D eigenvalue weighted by Crippen LogP contribution is -2.42. The zero-order chi connectivity index (χ0) is 18.1. The Morgan fingerprint density at radius 1 is 1.00 bits per heavy atom. The maximum atomic E-state index is 12.7. The second-order valence-electron chi connectivity index (χ2n) is 6.63. The third-order valence-electron chi connectivity index (χ3n) is 4.89. The van der Waals surface area contributed by atoms with Crippen LogP contribution in [0.4, 0.5) is 17.1 Å². The van der Waals surface area contributed by atoms with Crippen LogP contribution >= 0.6 is 0 Å². The van der Waals surface area contributed by atoms with Crippen molar-refractivity contribution in [3.05, 3.63) is 54.1 Å². The first-order valence-electron chi connectivity index (χ1n) is 8.70. The molecule has 1 atom stereocenters. The molecule has 4 rings (SSSR count). The quantitative estimate of drug-likeness (QED) is 0.894. The van der Waals surface area contributed by atoms with Gasteiger partial charge in [-0.25, -0.2) is 0 Å². The number of benzene rings is 2. The highest BCUT2D eigenvalue weighted by Gasteiger charge is 2.30. The maximum absolute atomic E-state index is 12.7. The first-order valence-corrected chi connectivity index (χ1v) is 8.70. The van der Waals surface area contributed by atoms with Gasteiger partial charge < -0.3 is 15.5 Å². The number of amides is 3. The second kappa shape index (κ2) is 6.63. The van der Waals surface area contributed by atoms with Crippen LogP contribution in [0.25, 0.3) is 0 Å². The van der Waals surface area contributed by atoms with Gasteiger partial charge in [0.1, 0.15) is 6.54 Å². The molecule has 2 aromatic carbocycles.